The van der Waals surface area contributed by atoms with E-state index in [4.69, 9.17) is 4.74 Å². The monoisotopic (exact) mass is 474 g/mol. The van der Waals surface area contributed by atoms with Crippen LogP contribution in [0.4, 0.5) is 5.69 Å². The number of amides is 2. The van der Waals surface area contributed by atoms with Crippen LogP contribution in [0.3, 0.4) is 0 Å². The van der Waals surface area contributed by atoms with Gasteiger partial charge in [-0.05, 0) is 29.8 Å². The minimum absolute atomic E-state index is 0.0170. The molecule has 33 heavy (non-hydrogen) atoms. The smallest absolute Gasteiger partial charge is 0.251 e. The summed E-state index contributed by atoms with van der Waals surface area (Å²) in [5, 5.41) is 2.59. The van der Waals surface area contributed by atoms with Crippen molar-refractivity contribution < 1.29 is 22.7 Å². The molecule has 0 aliphatic carbocycles. The van der Waals surface area contributed by atoms with Gasteiger partial charge in [-0.25, -0.2) is 12.7 Å². The van der Waals surface area contributed by atoms with Crippen LogP contribution in [0.1, 0.15) is 15.9 Å². The summed E-state index contributed by atoms with van der Waals surface area (Å²) in [5.41, 5.74) is 2.26. The summed E-state index contributed by atoms with van der Waals surface area (Å²) >= 11 is 0. The number of nitrogens with one attached hydrogen (secondary N) is 1. The number of nitrogens with zero attached hydrogens (tertiary/aromatic N) is 3. The molecule has 0 aromatic heterocycles. The fourth-order valence-corrected chi connectivity index (χ4v) is 4.45. The molecule has 9 nitrogen and oxygen atoms in total. The first kappa shape index (κ1) is 24.7. The van der Waals surface area contributed by atoms with Gasteiger partial charge in [-0.3, -0.25) is 9.59 Å². The van der Waals surface area contributed by atoms with E-state index in [-0.39, 0.29) is 22.9 Å². The largest absolute Gasteiger partial charge is 0.378 e. The Morgan fingerprint density at radius 2 is 1.73 bits per heavy atom. The zero-order chi connectivity index (χ0) is 24.0. The fourth-order valence-electron chi connectivity index (χ4n) is 3.50. The Hall–Kier alpha value is -2.95. The molecule has 0 spiro atoms. The molecule has 1 aliphatic rings. The molecule has 1 heterocycles. The fraction of sp³-hybridized carbons (Fsp3) is 0.391. The van der Waals surface area contributed by atoms with Crippen LogP contribution in [0.25, 0.3) is 0 Å². The number of carbonyl (C=O) groups excluding carboxylic acids is 2. The molecule has 2 aromatic rings. The van der Waals surface area contributed by atoms with Gasteiger partial charge < -0.3 is 19.9 Å². The second kappa shape index (κ2) is 10.8. The average molecular weight is 475 g/mol. The van der Waals surface area contributed by atoms with Gasteiger partial charge in [-0.15, -0.1) is 0 Å². The topological polar surface area (TPSA) is 99.3 Å². The van der Waals surface area contributed by atoms with Crippen LogP contribution < -0.4 is 10.2 Å². The van der Waals surface area contributed by atoms with E-state index >= 15 is 0 Å². The van der Waals surface area contributed by atoms with E-state index in [0.717, 1.165) is 28.6 Å². The summed E-state index contributed by atoms with van der Waals surface area (Å²) in [6, 6.07) is 13.7. The van der Waals surface area contributed by atoms with Gasteiger partial charge in [0, 0.05) is 52.0 Å². The Kier molecular flexibility index (Phi) is 8.06. The van der Waals surface area contributed by atoms with Crippen LogP contribution in [0.5, 0.6) is 0 Å². The highest BCUT2D eigenvalue weighted by molar-refractivity contribution is 7.89. The van der Waals surface area contributed by atoms with E-state index in [0.29, 0.717) is 19.8 Å². The Morgan fingerprint density at radius 3 is 2.42 bits per heavy atom. The summed E-state index contributed by atoms with van der Waals surface area (Å²) in [7, 11) is 0.879. The molecule has 178 valence electrons. The molecule has 2 aromatic carbocycles. The van der Waals surface area contributed by atoms with Gasteiger partial charge in [0.05, 0.1) is 24.7 Å². The van der Waals surface area contributed by atoms with Crippen LogP contribution in [0.15, 0.2) is 53.4 Å². The maximum absolute atomic E-state index is 12.7. The summed E-state index contributed by atoms with van der Waals surface area (Å²) in [4.78, 5) is 29.0. The van der Waals surface area contributed by atoms with Gasteiger partial charge in [0.2, 0.25) is 15.9 Å². The summed E-state index contributed by atoms with van der Waals surface area (Å²) in [5.74, 6) is -0.765. The lowest BCUT2D eigenvalue weighted by atomic mass is 10.1. The molecule has 1 saturated heterocycles. The predicted molar refractivity (Wildman–Crippen MR) is 126 cm³/mol. The van der Waals surface area contributed by atoms with Crippen molar-refractivity contribution in [1.29, 1.82) is 0 Å². The van der Waals surface area contributed by atoms with Gasteiger partial charge in [0.15, 0.2) is 0 Å². The molecule has 1 N–H and O–H groups in total. The van der Waals surface area contributed by atoms with Gasteiger partial charge in [-0.2, -0.15) is 0 Å². The van der Waals surface area contributed by atoms with Crippen molar-refractivity contribution >= 4 is 27.5 Å². The number of sulfonamides is 1. The Morgan fingerprint density at radius 1 is 1.03 bits per heavy atom. The van der Waals surface area contributed by atoms with Gasteiger partial charge in [0.25, 0.3) is 5.91 Å². The lowest BCUT2D eigenvalue weighted by molar-refractivity contribution is -0.129. The number of para-hydroxylation sites is 1. The van der Waals surface area contributed by atoms with E-state index in [1.54, 1.807) is 11.9 Å². The van der Waals surface area contributed by atoms with Crippen molar-refractivity contribution in [2.75, 3.05) is 58.9 Å². The van der Waals surface area contributed by atoms with Crippen molar-refractivity contribution in [3.63, 3.8) is 0 Å². The second-order valence-electron chi connectivity index (χ2n) is 7.98. The first-order valence-corrected chi connectivity index (χ1v) is 12.1. The zero-order valence-corrected chi connectivity index (χ0v) is 20.0. The molecule has 0 saturated carbocycles. The number of benzene rings is 2. The third-order valence-corrected chi connectivity index (χ3v) is 7.26. The van der Waals surface area contributed by atoms with Crippen molar-refractivity contribution in [2.45, 2.75) is 11.4 Å². The number of carbonyl (C=O) groups is 2. The first-order chi connectivity index (χ1) is 15.7. The number of ether oxygens (including phenoxy) is 1. The number of hydrogen-bond donors (Lipinski definition) is 1. The van der Waals surface area contributed by atoms with Gasteiger partial charge in [0.1, 0.15) is 0 Å². The Bertz CT molecular complexity index is 1100. The maximum Gasteiger partial charge on any atom is 0.251 e. The zero-order valence-electron chi connectivity index (χ0n) is 19.2. The van der Waals surface area contributed by atoms with E-state index in [1.807, 2.05) is 24.3 Å². The highest BCUT2D eigenvalue weighted by atomic mass is 32.2. The van der Waals surface area contributed by atoms with Crippen molar-refractivity contribution in [3.05, 3.63) is 59.7 Å². The highest BCUT2D eigenvalue weighted by Gasteiger charge is 2.20. The minimum atomic E-state index is -3.66. The third kappa shape index (κ3) is 6.10. The average Bonchev–Trinajstić information content (AvgIpc) is 2.83. The van der Waals surface area contributed by atoms with E-state index in [2.05, 4.69) is 10.2 Å². The van der Waals surface area contributed by atoms with Crippen molar-refractivity contribution in [1.82, 2.24) is 14.5 Å². The predicted octanol–water partition coefficient (Wildman–Crippen LogP) is 1.16. The molecule has 0 atom stereocenters. The number of likely N-dealkylation sites (N-methyl/N-ethyl adjacent to an activating group) is 1. The van der Waals surface area contributed by atoms with Crippen LogP contribution in [0.2, 0.25) is 0 Å². The molecule has 2 amide bonds. The molecule has 0 unspecified atom stereocenters. The molecular formula is C23H30N4O5S. The van der Waals surface area contributed by atoms with Crippen LogP contribution in [0, 0.1) is 0 Å². The van der Waals surface area contributed by atoms with E-state index in [1.165, 1.54) is 38.4 Å². The van der Waals surface area contributed by atoms with Gasteiger partial charge in [-0.1, -0.05) is 24.3 Å². The van der Waals surface area contributed by atoms with Gasteiger partial charge >= 0.3 is 0 Å². The summed E-state index contributed by atoms with van der Waals surface area (Å²) < 4.78 is 31.1. The summed E-state index contributed by atoms with van der Waals surface area (Å²) in [6.07, 6.45) is 0. The Labute approximate surface area is 195 Å². The quantitative estimate of drug-likeness (QED) is 0.617. The van der Waals surface area contributed by atoms with Crippen LogP contribution >= 0.6 is 0 Å². The van der Waals surface area contributed by atoms with E-state index in [9.17, 15) is 18.0 Å². The van der Waals surface area contributed by atoms with Crippen LogP contribution in [-0.4, -0.2) is 83.4 Å². The minimum Gasteiger partial charge on any atom is -0.378 e. The number of morpholine rings is 1. The molecule has 1 aliphatic heterocycles. The normalized spacial score (nSPS) is 14.2. The first-order valence-electron chi connectivity index (χ1n) is 10.7. The third-order valence-electron chi connectivity index (χ3n) is 5.45. The molecule has 3 rings (SSSR count). The molecule has 0 radical (unpaired) electrons. The summed E-state index contributed by atoms with van der Waals surface area (Å²) in [6.45, 7) is 3.15. The molecule has 10 heteroatoms. The standard InChI is InChI=1S/C23H30N4O5S/c1-25(2)33(30,31)20-9-6-8-18(15-20)23(29)24-16-22(28)26(3)17-19-7-4-5-10-21(19)27-11-13-32-14-12-27/h4-10,15H,11-14,16-17H2,1-3H3,(H,24,29). The number of rotatable bonds is 8. The lowest BCUT2D eigenvalue weighted by Gasteiger charge is -2.31. The lowest BCUT2D eigenvalue weighted by Crippen LogP contribution is -2.39. The number of anilines is 1. The van der Waals surface area contributed by atoms with Crippen LogP contribution in [-0.2, 0) is 26.1 Å². The molecular weight excluding hydrogens is 444 g/mol. The van der Waals surface area contributed by atoms with Crippen molar-refractivity contribution in [3.8, 4) is 0 Å². The SMILES string of the molecule is CN(Cc1ccccc1N1CCOCC1)C(=O)CNC(=O)c1cccc(S(=O)(=O)N(C)C)c1. The molecule has 1 fully saturated rings. The maximum atomic E-state index is 12.7. The van der Waals surface area contributed by atoms with Crippen molar-refractivity contribution in [2.24, 2.45) is 0 Å². The second-order valence-corrected chi connectivity index (χ2v) is 10.1. The number of hydrogen-bond acceptors (Lipinski definition) is 6. The highest BCUT2D eigenvalue weighted by Crippen LogP contribution is 2.22. The molecule has 0 bridgehead atoms. The Balaban J connectivity index is 1.61. The van der Waals surface area contributed by atoms with E-state index < -0.39 is 15.9 Å².